The fourth-order valence-corrected chi connectivity index (χ4v) is 3.46. The average molecular weight is 415 g/mol. The van der Waals surface area contributed by atoms with Crippen molar-refractivity contribution < 1.29 is 22.9 Å². The lowest BCUT2D eigenvalue weighted by molar-refractivity contribution is -0.385. The van der Waals surface area contributed by atoms with Gasteiger partial charge >= 0.3 is 6.18 Å². The summed E-state index contributed by atoms with van der Waals surface area (Å²) >= 11 is 1.07. The third-order valence-corrected chi connectivity index (χ3v) is 5.10. The lowest BCUT2D eigenvalue weighted by Gasteiger charge is -2.13. The van der Waals surface area contributed by atoms with Crippen LogP contribution < -0.4 is 5.32 Å². The number of hydrogen-bond acceptors (Lipinski definition) is 6. The van der Waals surface area contributed by atoms with Crippen molar-refractivity contribution in [3.05, 3.63) is 39.7 Å². The molecule has 0 saturated heterocycles. The maximum Gasteiger partial charge on any atom is 0.418 e. The summed E-state index contributed by atoms with van der Waals surface area (Å²) in [6.45, 7) is 2.55. The molecule has 28 heavy (non-hydrogen) atoms. The normalized spacial score (nSPS) is 14.1. The van der Waals surface area contributed by atoms with Crippen LogP contribution >= 0.6 is 11.8 Å². The second kappa shape index (κ2) is 7.78. The van der Waals surface area contributed by atoms with Gasteiger partial charge in [0.1, 0.15) is 5.82 Å². The molecule has 0 bridgehead atoms. The highest BCUT2D eigenvalue weighted by atomic mass is 32.2. The Hall–Kier alpha value is -2.63. The van der Waals surface area contributed by atoms with Crippen LogP contribution in [0.3, 0.4) is 0 Å². The van der Waals surface area contributed by atoms with E-state index in [1.165, 1.54) is 0 Å². The van der Waals surface area contributed by atoms with Gasteiger partial charge in [-0.15, -0.1) is 10.2 Å². The smallest absolute Gasteiger partial charge is 0.325 e. The van der Waals surface area contributed by atoms with Crippen molar-refractivity contribution in [2.24, 2.45) is 0 Å². The van der Waals surface area contributed by atoms with E-state index in [0.717, 1.165) is 42.6 Å². The van der Waals surface area contributed by atoms with Gasteiger partial charge in [-0.1, -0.05) is 11.8 Å². The summed E-state index contributed by atoms with van der Waals surface area (Å²) in [5, 5.41) is 21.6. The van der Waals surface area contributed by atoms with E-state index in [2.05, 4.69) is 15.5 Å². The molecular formula is C16H16F3N5O3S. The predicted molar refractivity (Wildman–Crippen MR) is 95.1 cm³/mol. The summed E-state index contributed by atoms with van der Waals surface area (Å²) in [6, 6.07) is 2.19. The van der Waals surface area contributed by atoms with E-state index in [0.29, 0.717) is 23.7 Å². The minimum atomic E-state index is -4.84. The van der Waals surface area contributed by atoms with Crippen LogP contribution in [0.5, 0.6) is 0 Å². The summed E-state index contributed by atoms with van der Waals surface area (Å²) in [5.41, 5.74) is -2.50. The highest BCUT2D eigenvalue weighted by Gasteiger charge is 2.36. The molecule has 2 aromatic rings. The second-order valence-electron chi connectivity index (χ2n) is 6.18. The van der Waals surface area contributed by atoms with Gasteiger partial charge in [0, 0.05) is 24.6 Å². The SMILES string of the molecule is CCn1c(SCC(=O)Nc2ccc([N+](=O)[O-])cc2C(F)(F)F)nnc1C1CC1. The van der Waals surface area contributed by atoms with Crippen LogP contribution in [0.1, 0.15) is 37.1 Å². The molecule has 1 saturated carbocycles. The molecule has 0 atom stereocenters. The molecule has 1 aromatic carbocycles. The summed E-state index contributed by atoms with van der Waals surface area (Å²) in [5.74, 6) is 0.394. The van der Waals surface area contributed by atoms with E-state index >= 15 is 0 Å². The minimum absolute atomic E-state index is 0.170. The molecule has 1 aliphatic carbocycles. The van der Waals surface area contributed by atoms with E-state index in [4.69, 9.17) is 0 Å². The molecule has 150 valence electrons. The molecule has 0 unspecified atom stereocenters. The first kappa shape index (κ1) is 20.1. The van der Waals surface area contributed by atoms with Gasteiger partial charge in [-0.25, -0.2) is 0 Å². The lowest BCUT2D eigenvalue weighted by Crippen LogP contribution is -2.18. The minimum Gasteiger partial charge on any atom is -0.325 e. The molecule has 3 rings (SSSR count). The number of non-ortho nitro benzene ring substituents is 1. The van der Waals surface area contributed by atoms with Crippen molar-refractivity contribution in [3.8, 4) is 0 Å². The van der Waals surface area contributed by atoms with Crippen LogP contribution in [0.2, 0.25) is 0 Å². The lowest BCUT2D eigenvalue weighted by atomic mass is 10.1. The average Bonchev–Trinajstić information content (AvgIpc) is 3.39. The Balaban J connectivity index is 1.71. The number of rotatable bonds is 7. The third kappa shape index (κ3) is 4.43. The highest BCUT2D eigenvalue weighted by molar-refractivity contribution is 7.99. The molecule has 0 spiro atoms. The Bertz CT molecular complexity index is 911. The van der Waals surface area contributed by atoms with Gasteiger partial charge < -0.3 is 9.88 Å². The topological polar surface area (TPSA) is 103 Å². The molecular weight excluding hydrogens is 399 g/mol. The molecule has 8 nitrogen and oxygen atoms in total. The Kier molecular flexibility index (Phi) is 5.59. The summed E-state index contributed by atoms with van der Waals surface area (Å²) in [4.78, 5) is 21.9. The number of aromatic nitrogens is 3. The standard InChI is InChI=1S/C16H16F3N5O3S/c1-2-23-14(9-3-4-9)21-22-15(23)28-8-13(25)20-12-6-5-10(24(26)27)7-11(12)16(17,18)19/h5-7,9H,2-4,8H2,1H3,(H,20,25). The maximum absolute atomic E-state index is 13.2. The highest BCUT2D eigenvalue weighted by Crippen LogP contribution is 2.40. The van der Waals surface area contributed by atoms with E-state index in [1.807, 2.05) is 11.5 Å². The second-order valence-corrected chi connectivity index (χ2v) is 7.12. The van der Waals surface area contributed by atoms with Crippen LogP contribution in [0.25, 0.3) is 0 Å². The number of thioether (sulfide) groups is 1. The number of anilines is 1. The van der Waals surface area contributed by atoms with Crippen LogP contribution in [0, 0.1) is 10.1 Å². The number of halogens is 3. The Morgan fingerprint density at radius 3 is 2.68 bits per heavy atom. The van der Waals surface area contributed by atoms with Crippen LogP contribution in [0.4, 0.5) is 24.5 Å². The number of amides is 1. The van der Waals surface area contributed by atoms with Gasteiger partial charge in [-0.3, -0.25) is 14.9 Å². The first-order chi connectivity index (χ1) is 13.2. The van der Waals surface area contributed by atoms with Crippen molar-refractivity contribution in [2.75, 3.05) is 11.1 Å². The van der Waals surface area contributed by atoms with E-state index in [9.17, 15) is 28.1 Å². The van der Waals surface area contributed by atoms with E-state index in [-0.39, 0.29) is 5.75 Å². The largest absolute Gasteiger partial charge is 0.418 e. The van der Waals surface area contributed by atoms with Crippen LogP contribution in [0.15, 0.2) is 23.4 Å². The van der Waals surface area contributed by atoms with Crippen molar-refractivity contribution in [3.63, 3.8) is 0 Å². The van der Waals surface area contributed by atoms with Crippen molar-refractivity contribution in [2.45, 2.75) is 43.6 Å². The molecule has 1 N–H and O–H groups in total. The van der Waals surface area contributed by atoms with Gasteiger partial charge in [0.05, 0.1) is 21.9 Å². The fourth-order valence-electron chi connectivity index (χ4n) is 2.65. The molecule has 0 radical (unpaired) electrons. The molecule has 1 heterocycles. The Labute approximate surface area is 161 Å². The number of nitro benzene ring substituents is 1. The first-order valence-electron chi connectivity index (χ1n) is 8.42. The number of hydrogen-bond donors (Lipinski definition) is 1. The number of alkyl halides is 3. The fraction of sp³-hybridized carbons (Fsp3) is 0.438. The van der Waals surface area contributed by atoms with Gasteiger partial charge in [0.25, 0.3) is 5.69 Å². The van der Waals surface area contributed by atoms with Gasteiger partial charge in [-0.05, 0) is 25.8 Å². The molecule has 1 fully saturated rings. The van der Waals surface area contributed by atoms with Crippen molar-refractivity contribution >= 4 is 29.0 Å². The van der Waals surface area contributed by atoms with Gasteiger partial charge in [0.15, 0.2) is 5.16 Å². The zero-order valence-electron chi connectivity index (χ0n) is 14.7. The van der Waals surface area contributed by atoms with Crippen LogP contribution in [-0.4, -0.2) is 31.3 Å². The first-order valence-corrected chi connectivity index (χ1v) is 9.40. The zero-order chi connectivity index (χ0) is 20.5. The number of carbonyl (C=O) groups excluding carboxylic acids is 1. The number of benzene rings is 1. The number of nitrogens with one attached hydrogen (secondary N) is 1. The van der Waals surface area contributed by atoms with E-state index < -0.39 is 33.9 Å². The quantitative estimate of drug-likeness (QED) is 0.419. The van der Waals surface area contributed by atoms with Gasteiger partial charge in [0.2, 0.25) is 5.91 Å². The van der Waals surface area contributed by atoms with Crippen molar-refractivity contribution in [1.29, 1.82) is 0 Å². The molecule has 1 amide bonds. The molecule has 1 aliphatic rings. The number of nitrogens with zero attached hydrogens (tertiary/aromatic N) is 4. The maximum atomic E-state index is 13.2. The third-order valence-electron chi connectivity index (χ3n) is 4.13. The monoisotopic (exact) mass is 415 g/mol. The predicted octanol–water partition coefficient (Wildman–Crippen LogP) is 3.83. The van der Waals surface area contributed by atoms with Crippen LogP contribution in [-0.2, 0) is 17.5 Å². The Morgan fingerprint density at radius 1 is 1.39 bits per heavy atom. The zero-order valence-corrected chi connectivity index (χ0v) is 15.5. The number of nitro groups is 1. The van der Waals surface area contributed by atoms with Crippen molar-refractivity contribution in [1.82, 2.24) is 14.8 Å². The molecule has 12 heteroatoms. The van der Waals surface area contributed by atoms with E-state index in [1.54, 1.807) is 0 Å². The number of carbonyl (C=O) groups is 1. The Morgan fingerprint density at radius 2 is 2.11 bits per heavy atom. The molecule has 1 aromatic heterocycles. The summed E-state index contributed by atoms with van der Waals surface area (Å²) < 4.78 is 41.4. The summed E-state index contributed by atoms with van der Waals surface area (Å²) in [7, 11) is 0. The molecule has 0 aliphatic heterocycles. The van der Waals surface area contributed by atoms with Gasteiger partial charge in [-0.2, -0.15) is 13.2 Å². The summed E-state index contributed by atoms with van der Waals surface area (Å²) in [6.07, 6.45) is -2.75.